The van der Waals surface area contributed by atoms with Crippen molar-refractivity contribution in [2.45, 2.75) is 0 Å². The molecule has 0 aliphatic carbocycles. The molecule has 7 heteroatoms. The van der Waals surface area contributed by atoms with Gasteiger partial charge in [-0.15, -0.1) is 15.3 Å². The highest BCUT2D eigenvalue weighted by atomic mass is 35.5. The number of hydrogen-bond donors (Lipinski definition) is 1. The molecular formula is C12H9ClN6. The smallest absolute Gasteiger partial charge is 0.177 e. The normalized spacial score (nSPS) is 11.2. The number of nitrogens with one attached hydrogen (secondary N) is 1. The van der Waals surface area contributed by atoms with E-state index in [9.17, 15) is 0 Å². The Labute approximate surface area is 113 Å². The number of hydrogen-bond acceptors (Lipinski definition) is 5. The molecule has 0 bridgehead atoms. The van der Waals surface area contributed by atoms with Crippen molar-refractivity contribution in [3.8, 4) is 0 Å². The third-order valence-corrected chi connectivity index (χ3v) is 2.64. The maximum absolute atomic E-state index is 5.88. The van der Waals surface area contributed by atoms with E-state index >= 15 is 0 Å². The summed E-state index contributed by atoms with van der Waals surface area (Å²) in [6.45, 7) is 0. The predicted octanol–water partition coefficient (Wildman–Crippen LogP) is 2.22. The molecule has 3 rings (SSSR count). The molecule has 0 amide bonds. The van der Waals surface area contributed by atoms with Crippen LogP contribution in [0.15, 0.2) is 47.8 Å². The molecule has 1 aromatic carbocycles. The van der Waals surface area contributed by atoms with Crippen LogP contribution in [0.3, 0.4) is 0 Å². The molecular weight excluding hydrogens is 264 g/mol. The minimum atomic E-state index is 0.602. The maximum Gasteiger partial charge on any atom is 0.177 e. The van der Waals surface area contributed by atoms with Crippen LogP contribution in [0.1, 0.15) is 5.56 Å². The van der Waals surface area contributed by atoms with E-state index in [0.717, 1.165) is 5.56 Å². The number of rotatable bonds is 3. The van der Waals surface area contributed by atoms with Gasteiger partial charge in [-0.1, -0.05) is 23.7 Å². The number of fused-ring (bicyclic) bond motifs is 1. The Morgan fingerprint density at radius 3 is 3.11 bits per heavy atom. The van der Waals surface area contributed by atoms with Gasteiger partial charge in [-0.25, -0.2) is 0 Å². The van der Waals surface area contributed by atoms with Gasteiger partial charge in [0.1, 0.15) is 6.33 Å². The van der Waals surface area contributed by atoms with Crippen molar-refractivity contribution in [3.63, 3.8) is 0 Å². The van der Waals surface area contributed by atoms with Gasteiger partial charge in [0, 0.05) is 5.02 Å². The monoisotopic (exact) mass is 272 g/mol. The van der Waals surface area contributed by atoms with Gasteiger partial charge in [0.2, 0.25) is 0 Å². The SMILES string of the molecule is Clc1cccc(/C=N/Nc2ccc3nncn3n2)c1. The summed E-state index contributed by atoms with van der Waals surface area (Å²) in [4.78, 5) is 0. The summed E-state index contributed by atoms with van der Waals surface area (Å²) >= 11 is 5.88. The number of aromatic nitrogens is 4. The zero-order valence-electron chi connectivity index (χ0n) is 9.73. The van der Waals surface area contributed by atoms with E-state index in [1.165, 1.54) is 6.33 Å². The fourth-order valence-electron chi connectivity index (χ4n) is 1.55. The lowest BCUT2D eigenvalue weighted by atomic mass is 10.2. The molecule has 0 radical (unpaired) electrons. The Bertz CT molecular complexity index is 736. The third kappa shape index (κ3) is 2.69. The molecule has 0 aliphatic rings. The number of nitrogens with zero attached hydrogens (tertiary/aromatic N) is 5. The summed E-state index contributed by atoms with van der Waals surface area (Å²) in [7, 11) is 0. The predicted molar refractivity (Wildman–Crippen MR) is 73.5 cm³/mol. The molecule has 2 heterocycles. The van der Waals surface area contributed by atoms with E-state index in [4.69, 9.17) is 11.6 Å². The summed E-state index contributed by atoms with van der Waals surface area (Å²) in [5, 5.41) is 16.6. The van der Waals surface area contributed by atoms with E-state index in [1.54, 1.807) is 22.9 Å². The molecule has 3 aromatic rings. The Morgan fingerprint density at radius 2 is 2.21 bits per heavy atom. The number of hydrazone groups is 1. The van der Waals surface area contributed by atoms with Crippen molar-refractivity contribution in [3.05, 3.63) is 53.3 Å². The van der Waals surface area contributed by atoms with Gasteiger partial charge in [0.25, 0.3) is 0 Å². The second kappa shape index (κ2) is 5.03. The van der Waals surface area contributed by atoms with Crippen molar-refractivity contribution < 1.29 is 0 Å². The summed E-state index contributed by atoms with van der Waals surface area (Å²) in [6.07, 6.45) is 3.20. The second-order valence-electron chi connectivity index (χ2n) is 3.78. The Hall–Kier alpha value is -2.47. The van der Waals surface area contributed by atoms with E-state index in [1.807, 2.05) is 24.3 Å². The largest absolute Gasteiger partial charge is 0.260 e. The fourth-order valence-corrected chi connectivity index (χ4v) is 1.75. The third-order valence-electron chi connectivity index (χ3n) is 2.40. The first kappa shape index (κ1) is 11.6. The average molecular weight is 273 g/mol. The fraction of sp³-hybridized carbons (Fsp3) is 0. The van der Waals surface area contributed by atoms with Crippen LogP contribution in [-0.4, -0.2) is 26.0 Å². The highest BCUT2D eigenvalue weighted by Crippen LogP contribution is 2.09. The Balaban J connectivity index is 1.74. The van der Waals surface area contributed by atoms with Crippen LogP contribution < -0.4 is 5.43 Å². The topological polar surface area (TPSA) is 67.5 Å². The summed E-state index contributed by atoms with van der Waals surface area (Å²) in [5.74, 6) is 0.602. The van der Waals surface area contributed by atoms with E-state index in [-0.39, 0.29) is 0 Å². The molecule has 0 fully saturated rings. The van der Waals surface area contributed by atoms with Crippen LogP contribution in [-0.2, 0) is 0 Å². The van der Waals surface area contributed by atoms with Gasteiger partial charge in [-0.05, 0) is 29.8 Å². The van der Waals surface area contributed by atoms with E-state index < -0.39 is 0 Å². The Morgan fingerprint density at radius 1 is 1.26 bits per heavy atom. The van der Waals surface area contributed by atoms with Crippen LogP contribution in [0.4, 0.5) is 5.82 Å². The molecule has 6 nitrogen and oxygen atoms in total. The highest BCUT2D eigenvalue weighted by molar-refractivity contribution is 6.30. The van der Waals surface area contributed by atoms with Gasteiger partial charge in [-0.2, -0.15) is 9.62 Å². The second-order valence-corrected chi connectivity index (χ2v) is 4.21. The molecule has 19 heavy (non-hydrogen) atoms. The number of anilines is 1. The molecule has 94 valence electrons. The van der Waals surface area contributed by atoms with E-state index in [2.05, 4.69) is 25.8 Å². The van der Waals surface area contributed by atoms with Crippen molar-refractivity contribution in [2.24, 2.45) is 5.10 Å². The molecule has 0 unspecified atom stereocenters. The standard InChI is InChI=1S/C12H9ClN6/c13-10-3-1-2-9(6-10)7-14-16-11-4-5-12-17-15-8-19(12)18-11/h1-8H,(H,16,18)/b14-7+. The van der Waals surface area contributed by atoms with Crippen molar-refractivity contribution in [1.82, 2.24) is 19.8 Å². The number of halogens is 1. The lowest BCUT2D eigenvalue weighted by Crippen LogP contribution is -1.98. The molecule has 0 saturated carbocycles. The lowest BCUT2D eigenvalue weighted by molar-refractivity contribution is 0.925. The molecule has 1 N–H and O–H groups in total. The summed E-state index contributed by atoms with van der Waals surface area (Å²) in [6, 6.07) is 11.0. The van der Waals surface area contributed by atoms with Gasteiger partial charge in [0.05, 0.1) is 6.21 Å². The van der Waals surface area contributed by atoms with Crippen LogP contribution >= 0.6 is 11.6 Å². The number of benzene rings is 1. The first-order valence-corrected chi connectivity index (χ1v) is 5.91. The molecule has 0 saturated heterocycles. The van der Waals surface area contributed by atoms with Crippen molar-refractivity contribution in [1.29, 1.82) is 0 Å². The zero-order valence-corrected chi connectivity index (χ0v) is 10.5. The van der Waals surface area contributed by atoms with Gasteiger partial charge in [-0.3, -0.25) is 5.43 Å². The zero-order chi connectivity index (χ0) is 13.1. The van der Waals surface area contributed by atoms with E-state index in [0.29, 0.717) is 16.5 Å². The lowest BCUT2D eigenvalue weighted by Gasteiger charge is -1.99. The maximum atomic E-state index is 5.88. The highest BCUT2D eigenvalue weighted by Gasteiger charge is 1.97. The van der Waals surface area contributed by atoms with Crippen molar-refractivity contribution in [2.75, 3.05) is 5.43 Å². The van der Waals surface area contributed by atoms with Crippen LogP contribution in [0.2, 0.25) is 5.02 Å². The summed E-state index contributed by atoms with van der Waals surface area (Å²) in [5.41, 5.74) is 4.43. The molecule has 2 aromatic heterocycles. The molecule has 0 spiro atoms. The quantitative estimate of drug-likeness (QED) is 0.586. The first-order valence-electron chi connectivity index (χ1n) is 5.53. The minimum absolute atomic E-state index is 0.602. The average Bonchev–Trinajstić information content (AvgIpc) is 2.86. The Kier molecular flexibility index (Phi) is 3.07. The minimum Gasteiger partial charge on any atom is -0.260 e. The first-order chi connectivity index (χ1) is 9.31. The molecule has 0 atom stereocenters. The van der Waals surface area contributed by atoms with Crippen molar-refractivity contribution >= 4 is 29.3 Å². The summed E-state index contributed by atoms with van der Waals surface area (Å²) < 4.78 is 1.57. The molecule has 0 aliphatic heterocycles. The van der Waals surface area contributed by atoms with Crippen LogP contribution in [0.5, 0.6) is 0 Å². The van der Waals surface area contributed by atoms with Crippen LogP contribution in [0, 0.1) is 0 Å². The van der Waals surface area contributed by atoms with Crippen LogP contribution in [0.25, 0.3) is 5.65 Å². The van der Waals surface area contributed by atoms with Gasteiger partial charge in [0.15, 0.2) is 11.5 Å². The van der Waals surface area contributed by atoms with Gasteiger partial charge >= 0.3 is 0 Å². The van der Waals surface area contributed by atoms with Gasteiger partial charge < -0.3 is 0 Å².